The fourth-order valence-electron chi connectivity index (χ4n) is 2.74. The first kappa shape index (κ1) is 16.4. The molecule has 3 amide bonds. The van der Waals surface area contributed by atoms with E-state index < -0.39 is 6.04 Å². The van der Waals surface area contributed by atoms with Crippen molar-refractivity contribution in [3.63, 3.8) is 0 Å². The number of likely N-dealkylation sites (tertiary alicyclic amines) is 1. The van der Waals surface area contributed by atoms with Gasteiger partial charge in [0.05, 0.1) is 23.5 Å². The number of halogens is 1. The van der Waals surface area contributed by atoms with Crippen molar-refractivity contribution in [3.8, 4) is 0 Å². The van der Waals surface area contributed by atoms with Crippen LogP contribution in [0.4, 0.5) is 10.5 Å². The molecular weight excluding hydrogens is 330 g/mol. The van der Waals surface area contributed by atoms with E-state index in [-0.39, 0.29) is 11.9 Å². The van der Waals surface area contributed by atoms with Gasteiger partial charge in [-0.25, -0.2) is 4.79 Å². The minimum absolute atomic E-state index is 0.182. The average molecular weight is 348 g/mol. The molecule has 6 nitrogen and oxygen atoms in total. The topological polar surface area (TPSA) is 74.6 Å². The van der Waals surface area contributed by atoms with Gasteiger partial charge in [0.2, 0.25) is 5.91 Å². The molecule has 1 aliphatic heterocycles. The van der Waals surface area contributed by atoms with Gasteiger partial charge in [-0.1, -0.05) is 23.7 Å². The monoisotopic (exact) mass is 347 g/mol. The van der Waals surface area contributed by atoms with E-state index in [1.165, 1.54) is 0 Å². The summed E-state index contributed by atoms with van der Waals surface area (Å²) in [4.78, 5) is 26.4. The molecule has 2 aromatic rings. The lowest BCUT2D eigenvalue weighted by molar-refractivity contribution is -0.124. The molecule has 2 heterocycles. The summed E-state index contributed by atoms with van der Waals surface area (Å²) in [5.74, 6) is 0.492. The summed E-state index contributed by atoms with van der Waals surface area (Å²) in [6.07, 6.45) is 2.98. The Kier molecular flexibility index (Phi) is 5.05. The zero-order valence-electron chi connectivity index (χ0n) is 13.0. The lowest BCUT2D eigenvalue weighted by Gasteiger charge is -2.24. The molecule has 1 saturated heterocycles. The van der Waals surface area contributed by atoms with Crippen molar-refractivity contribution < 1.29 is 14.0 Å². The lowest BCUT2D eigenvalue weighted by Crippen LogP contribution is -2.47. The van der Waals surface area contributed by atoms with E-state index in [1.54, 1.807) is 47.6 Å². The standard InChI is InChI=1S/C17H18ClN3O3/c18-13-6-1-2-7-14(13)20-17(23)21-9-3-8-15(21)16(22)19-11-12-5-4-10-24-12/h1-2,4-7,10,15H,3,8-9,11H2,(H,19,22)(H,20,23). The second-order valence-corrected chi connectivity index (χ2v) is 5.97. The fourth-order valence-corrected chi connectivity index (χ4v) is 2.92. The number of hydrogen-bond acceptors (Lipinski definition) is 3. The van der Waals surface area contributed by atoms with Crippen LogP contribution < -0.4 is 10.6 Å². The van der Waals surface area contributed by atoms with Crippen LogP contribution in [0.15, 0.2) is 47.1 Å². The highest BCUT2D eigenvalue weighted by molar-refractivity contribution is 6.33. The number of anilines is 1. The third-order valence-corrected chi connectivity index (χ3v) is 4.28. The van der Waals surface area contributed by atoms with Gasteiger partial charge in [-0.3, -0.25) is 4.79 Å². The molecule has 1 unspecified atom stereocenters. The van der Waals surface area contributed by atoms with Gasteiger partial charge in [0.1, 0.15) is 11.8 Å². The average Bonchev–Trinajstić information content (AvgIpc) is 3.26. The van der Waals surface area contributed by atoms with Gasteiger partial charge in [0.15, 0.2) is 0 Å². The van der Waals surface area contributed by atoms with Crippen molar-refractivity contribution in [2.75, 3.05) is 11.9 Å². The molecule has 2 N–H and O–H groups in total. The molecule has 1 aromatic heterocycles. The first-order chi connectivity index (χ1) is 11.6. The van der Waals surface area contributed by atoms with E-state index in [4.69, 9.17) is 16.0 Å². The molecule has 1 aromatic carbocycles. The Balaban J connectivity index is 1.61. The normalized spacial score (nSPS) is 16.9. The molecule has 0 bridgehead atoms. The summed E-state index contributed by atoms with van der Waals surface area (Å²) in [6, 6.07) is 9.76. The minimum atomic E-state index is -0.484. The molecule has 126 valence electrons. The van der Waals surface area contributed by atoms with Gasteiger partial charge in [0, 0.05) is 6.54 Å². The maximum atomic E-state index is 12.5. The zero-order chi connectivity index (χ0) is 16.9. The summed E-state index contributed by atoms with van der Waals surface area (Å²) < 4.78 is 5.19. The summed E-state index contributed by atoms with van der Waals surface area (Å²) in [5.41, 5.74) is 0.533. The largest absolute Gasteiger partial charge is 0.467 e. The molecule has 24 heavy (non-hydrogen) atoms. The molecule has 0 aliphatic carbocycles. The van der Waals surface area contributed by atoms with E-state index in [9.17, 15) is 9.59 Å². The number of furan rings is 1. The number of benzene rings is 1. The number of amides is 3. The Morgan fingerprint density at radius 2 is 2.08 bits per heavy atom. The molecular formula is C17H18ClN3O3. The maximum absolute atomic E-state index is 12.5. The highest BCUT2D eigenvalue weighted by Gasteiger charge is 2.34. The number of carbonyl (C=O) groups excluding carboxylic acids is 2. The second-order valence-electron chi connectivity index (χ2n) is 5.56. The molecule has 0 radical (unpaired) electrons. The number of hydrogen-bond donors (Lipinski definition) is 2. The Hall–Kier alpha value is -2.47. The van der Waals surface area contributed by atoms with E-state index in [2.05, 4.69) is 10.6 Å². The molecule has 7 heteroatoms. The highest BCUT2D eigenvalue weighted by Crippen LogP contribution is 2.23. The zero-order valence-corrected chi connectivity index (χ0v) is 13.8. The Morgan fingerprint density at radius 3 is 2.83 bits per heavy atom. The molecule has 0 saturated carbocycles. The van der Waals surface area contributed by atoms with Crippen molar-refractivity contribution in [2.45, 2.75) is 25.4 Å². The summed E-state index contributed by atoms with van der Waals surface area (Å²) in [6.45, 7) is 0.845. The van der Waals surface area contributed by atoms with Crippen LogP contribution >= 0.6 is 11.6 Å². The Labute approximate surface area is 144 Å². The number of rotatable bonds is 4. The third kappa shape index (κ3) is 3.71. The fraction of sp³-hybridized carbons (Fsp3) is 0.294. The first-order valence-electron chi connectivity index (χ1n) is 7.77. The van der Waals surface area contributed by atoms with Gasteiger partial charge in [-0.05, 0) is 37.1 Å². The second kappa shape index (κ2) is 7.40. The SMILES string of the molecule is O=C(NCc1ccco1)C1CCCN1C(=O)Nc1ccccc1Cl. The lowest BCUT2D eigenvalue weighted by atomic mass is 10.2. The van der Waals surface area contributed by atoms with Gasteiger partial charge >= 0.3 is 6.03 Å². The van der Waals surface area contributed by atoms with Gasteiger partial charge in [-0.15, -0.1) is 0 Å². The van der Waals surface area contributed by atoms with Crippen molar-refractivity contribution in [2.24, 2.45) is 0 Å². The van der Waals surface area contributed by atoms with Crippen LogP contribution in [-0.2, 0) is 11.3 Å². The molecule has 0 spiro atoms. The van der Waals surface area contributed by atoms with Crippen LogP contribution in [0, 0.1) is 0 Å². The van der Waals surface area contributed by atoms with Crippen LogP contribution in [0.3, 0.4) is 0 Å². The van der Waals surface area contributed by atoms with Gasteiger partial charge in [0.25, 0.3) is 0 Å². The molecule has 1 atom stereocenters. The summed E-state index contributed by atoms with van der Waals surface area (Å²) >= 11 is 6.06. The van der Waals surface area contributed by atoms with Crippen LogP contribution in [0.5, 0.6) is 0 Å². The van der Waals surface area contributed by atoms with E-state index in [0.29, 0.717) is 36.0 Å². The highest BCUT2D eigenvalue weighted by atomic mass is 35.5. The van der Waals surface area contributed by atoms with Crippen LogP contribution in [0.2, 0.25) is 5.02 Å². The van der Waals surface area contributed by atoms with Crippen LogP contribution in [0.25, 0.3) is 0 Å². The predicted octanol–water partition coefficient (Wildman–Crippen LogP) is 3.25. The Bertz CT molecular complexity index is 718. The third-order valence-electron chi connectivity index (χ3n) is 3.95. The van der Waals surface area contributed by atoms with Crippen LogP contribution in [-0.4, -0.2) is 29.4 Å². The van der Waals surface area contributed by atoms with E-state index in [1.807, 2.05) is 0 Å². The molecule has 1 fully saturated rings. The summed E-state index contributed by atoms with van der Waals surface area (Å²) in [5, 5.41) is 6.03. The van der Waals surface area contributed by atoms with Crippen LogP contribution in [0.1, 0.15) is 18.6 Å². The van der Waals surface area contributed by atoms with E-state index >= 15 is 0 Å². The number of nitrogens with one attached hydrogen (secondary N) is 2. The predicted molar refractivity (Wildman–Crippen MR) is 90.8 cm³/mol. The number of urea groups is 1. The Morgan fingerprint density at radius 1 is 1.25 bits per heavy atom. The smallest absolute Gasteiger partial charge is 0.322 e. The van der Waals surface area contributed by atoms with Gasteiger partial charge < -0.3 is 20.0 Å². The quantitative estimate of drug-likeness (QED) is 0.891. The maximum Gasteiger partial charge on any atom is 0.322 e. The number of para-hydroxylation sites is 1. The van der Waals surface area contributed by atoms with Crippen molar-refractivity contribution in [3.05, 3.63) is 53.4 Å². The molecule has 1 aliphatic rings. The molecule has 3 rings (SSSR count). The first-order valence-corrected chi connectivity index (χ1v) is 8.15. The van der Waals surface area contributed by atoms with E-state index in [0.717, 1.165) is 6.42 Å². The summed E-state index contributed by atoms with van der Waals surface area (Å²) in [7, 11) is 0. The number of nitrogens with zero attached hydrogens (tertiary/aromatic N) is 1. The minimum Gasteiger partial charge on any atom is -0.467 e. The van der Waals surface area contributed by atoms with Crippen molar-refractivity contribution in [1.29, 1.82) is 0 Å². The van der Waals surface area contributed by atoms with Crippen molar-refractivity contribution >= 4 is 29.2 Å². The van der Waals surface area contributed by atoms with Crippen molar-refractivity contribution in [1.82, 2.24) is 10.2 Å². The number of carbonyl (C=O) groups is 2. The van der Waals surface area contributed by atoms with Gasteiger partial charge in [-0.2, -0.15) is 0 Å².